The first-order chi connectivity index (χ1) is 9.63. The van der Waals surface area contributed by atoms with Gasteiger partial charge in [-0.25, -0.2) is 4.79 Å². The van der Waals surface area contributed by atoms with Gasteiger partial charge in [0, 0.05) is 12.2 Å². The normalized spacial score (nSPS) is 15.5. The summed E-state index contributed by atoms with van der Waals surface area (Å²) in [5.41, 5.74) is 6.46. The Morgan fingerprint density at radius 2 is 2.25 bits per heavy atom. The average Bonchev–Trinajstić information content (AvgIpc) is 3.29. The van der Waals surface area contributed by atoms with Gasteiger partial charge in [-0.15, -0.1) is 0 Å². The van der Waals surface area contributed by atoms with Crippen molar-refractivity contribution in [3.63, 3.8) is 0 Å². The zero-order chi connectivity index (χ0) is 14.5. The molecule has 108 valence electrons. The summed E-state index contributed by atoms with van der Waals surface area (Å²) in [7, 11) is 0. The monoisotopic (exact) mass is 277 g/mol. The van der Waals surface area contributed by atoms with Crippen LogP contribution < -0.4 is 5.73 Å². The number of ether oxygens (including phenoxy) is 1. The van der Waals surface area contributed by atoms with Gasteiger partial charge in [0.25, 0.3) is 5.91 Å². The molecule has 2 N–H and O–H groups in total. The predicted molar refractivity (Wildman–Crippen MR) is 72.4 cm³/mol. The zero-order valence-electron chi connectivity index (χ0n) is 11.5. The summed E-state index contributed by atoms with van der Waals surface area (Å²) in [5.74, 6) is -1.07. The van der Waals surface area contributed by atoms with Gasteiger partial charge in [-0.2, -0.15) is 0 Å². The third kappa shape index (κ3) is 3.54. The number of esters is 1. The van der Waals surface area contributed by atoms with E-state index in [9.17, 15) is 9.59 Å². The molecular formula is C14H19N3O3. The summed E-state index contributed by atoms with van der Waals surface area (Å²) < 4.78 is 4.80. The van der Waals surface area contributed by atoms with Crippen LogP contribution in [-0.2, 0) is 20.9 Å². The fraction of sp³-hybridized carbons (Fsp3) is 0.500. The molecule has 6 nitrogen and oxygen atoms in total. The van der Waals surface area contributed by atoms with E-state index in [1.54, 1.807) is 18.0 Å². The Bertz CT molecular complexity index is 474. The third-order valence-corrected chi connectivity index (χ3v) is 3.14. The highest BCUT2D eigenvalue weighted by atomic mass is 16.5. The summed E-state index contributed by atoms with van der Waals surface area (Å²) >= 11 is 0. The summed E-state index contributed by atoms with van der Waals surface area (Å²) in [4.78, 5) is 29.7. The second kappa shape index (κ2) is 6.47. The Labute approximate surface area is 117 Å². The molecule has 1 aromatic heterocycles. The molecule has 1 aliphatic carbocycles. The van der Waals surface area contributed by atoms with E-state index in [0.29, 0.717) is 6.54 Å². The molecular weight excluding hydrogens is 258 g/mol. The number of hydrogen-bond donors (Lipinski definition) is 1. The fourth-order valence-electron chi connectivity index (χ4n) is 1.95. The Kier molecular flexibility index (Phi) is 4.68. The van der Waals surface area contributed by atoms with Crippen molar-refractivity contribution in [1.82, 2.24) is 9.88 Å². The highest BCUT2D eigenvalue weighted by Gasteiger charge is 2.37. The van der Waals surface area contributed by atoms with Gasteiger partial charge >= 0.3 is 5.97 Å². The van der Waals surface area contributed by atoms with Crippen molar-refractivity contribution in [2.45, 2.75) is 38.4 Å². The van der Waals surface area contributed by atoms with Gasteiger partial charge in [0.1, 0.15) is 0 Å². The zero-order valence-corrected chi connectivity index (χ0v) is 11.5. The second-order valence-corrected chi connectivity index (χ2v) is 4.75. The van der Waals surface area contributed by atoms with E-state index in [1.165, 1.54) is 0 Å². The lowest BCUT2D eigenvalue weighted by Gasteiger charge is -2.24. The van der Waals surface area contributed by atoms with Crippen LogP contribution in [0.4, 0.5) is 0 Å². The SMILES string of the molecule is CCOC(=O)C(N)C(=O)N(Cc1ccccn1)C1CC1. The Morgan fingerprint density at radius 1 is 1.50 bits per heavy atom. The number of rotatable bonds is 6. The molecule has 20 heavy (non-hydrogen) atoms. The lowest BCUT2D eigenvalue weighted by Crippen LogP contribution is -2.49. The molecule has 1 aromatic rings. The van der Waals surface area contributed by atoms with E-state index in [4.69, 9.17) is 10.5 Å². The van der Waals surface area contributed by atoms with Crippen LogP contribution >= 0.6 is 0 Å². The van der Waals surface area contributed by atoms with Crippen LogP contribution in [0, 0.1) is 0 Å². The lowest BCUT2D eigenvalue weighted by atomic mass is 10.2. The molecule has 1 aliphatic rings. The number of carbonyl (C=O) groups is 2. The molecule has 1 amide bonds. The Morgan fingerprint density at radius 3 is 2.80 bits per heavy atom. The Balaban J connectivity index is 2.05. The van der Waals surface area contributed by atoms with Crippen molar-refractivity contribution in [1.29, 1.82) is 0 Å². The van der Waals surface area contributed by atoms with Crippen LogP contribution in [0.25, 0.3) is 0 Å². The highest BCUT2D eigenvalue weighted by molar-refractivity contribution is 6.01. The number of nitrogens with zero attached hydrogens (tertiary/aromatic N) is 2. The van der Waals surface area contributed by atoms with Crippen LogP contribution in [0.3, 0.4) is 0 Å². The van der Waals surface area contributed by atoms with Gasteiger partial charge in [0.05, 0.1) is 18.8 Å². The van der Waals surface area contributed by atoms with Gasteiger partial charge < -0.3 is 15.4 Å². The molecule has 0 radical (unpaired) electrons. The topological polar surface area (TPSA) is 85.5 Å². The summed E-state index contributed by atoms with van der Waals surface area (Å²) in [6.45, 7) is 2.27. The van der Waals surface area contributed by atoms with Crippen LogP contribution in [-0.4, -0.2) is 40.5 Å². The van der Waals surface area contributed by atoms with Gasteiger partial charge in [-0.05, 0) is 31.9 Å². The van der Waals surface area contributed by atoms with E-state index in [2.05, 4.69) is 4.98 Å². The highest BCUT2D eigenvalue weighted by Crippen LogP contribution is 2.28. The van der Waals surface area contributed by atoms with E-state index in [-0.39, 0.29) is 12.6 Å². The number of amides is 1. The van der Waals surface area contributed by atoms with Gasteiger partial charge in [-0.3, -0.25) is 9.78 Å². The molecule has 0 bridgehead atoms. The molecule has 1 unspecified atom stereocenters. The van der Waals surface area contributed by atoms with Crippen LogP contribution in [0.15, 0.2) is 24.4 Å². The number of hydrogen-bond acceptors (Lipinski definition) is 5. The van der Waals surface area contributed by atoms with Gasteiger partial charge in [0.15, 0.2) is 6.04 Å². The first-order valence-corrected chi connectivity index (χ1v) is 6.76. The van der Waals surface area contributed by atoms with Gasteiger partial charge in [0.2, 0.25) is 0 Å². The number of carbonyl (C=O) groups excluding carboxylic acids is 2. The molecule has 1 atom stereocenters. The first kappa shape index (κ1) is 14.5. The quantitative estimate of drug-likeness (QED) is 0.603. The second-order valence-electron chi connectivity index (χ2n) is 4.75. The van der Waals surface area contributed by atoms with Crippen LogP contribution in [0.1, 0.15) is 25.5 Å². The number of nitrogens with two attached hydrogens (primary N) is 1. The van der Waals surface area contributed by atoms with E-state index >= 15 is 0 Å². The van der Waals surface area contributed by atoms with E-state index in [1.807, 2.05) is 18.2 Å². The smallest absolute Gasteiger partial charge is 0.332 e. The molecule has 1 heterocycles. The maximum atomic E-state index is 12.3. The van der Waals surface area contributed by atoms with Crippen molar-refractivity contribution in [3.8, 4) is 0 Å². The number of pyridine rings is 1. The van der Waals surface area contributed by atoms with E-state index in [0.717, 1.165) is 18.5 Å². The largest absolute Gasteiger partial charge is 0.464 e. The third-order valence-electron chi connectivity index (χ3n) is 3.14. The standard InChI is InChI=1S/C14H19N3O3/c1-2-20-14(19)12(15)13(18)17(11-6-7-11)9-10-5-3-4-8-16-10/h3-5,8,11-12H,2,6-7,9,15H2,1H3. The Hall–Kier alpha value is -1.95. The average molecular weight is 277 g/mol. The minimum atomic E-state index is -1.25. The maximum Gasteiger partial charge on any atom is 0.332 e. The predicted octanol–water partition coefficient (Wildman–Crippen LogP) is 0.463. The summed E-state index contributed by atoms with van der Waals surface area (Å²) in [5, 5.41) is 0. The summed E-state index contributed by atoms with van der Waals surface area (Å²) in [6, 6.07) is 4.43. The number of aromatic nitrogens is 1. The fourth-order valence-corrected chi connectivity index (χ4v) is 1.95. The van der Waals surface area contributed by atoms with Crippen LogP contribution in [0.5, 0.6) is 0 Å². The van der Waals surface area contributed by atoms with E-state index < -0.39 is 17.9 Å². The summed E-state index contributed by atoms with van der Waals surface area (Å²) in [6.07, 6.45) is 3.55. The minimum absolute atomic E-state index is 0.157. The molecule has 0 saturated heterocycles. The van der Waals surface area contributed by atoms with Crippen molar-refractivity contribution in [3.05, 3.63) is 30.1 Å². The van der Waals surface area contributed by atoms with Crippen molar-refractivity contribution in [2.24, 2.45) is 5.73 Å². The molecule has 6 heteroatoms. The molecule has 0 spiro atoms. The molecule has 2 rings (SSSR count). The van der Waals surface area contributed by atoms with Crippen molar-refractivity contribution >= 4 is 11.9 Å². The van der Waals surface area contributed by atoms with Crippen molar-refractivity contribution in [2.75, 3.05) is 6.61 Å². The first-order valence-electron chi connectivity index (χ1n) is 6.76. The minimum Gasteiger partial charge on any atom is -0.464 e. The lowest BCUT2D eigenvalue weighted by molar-refractivity contribution is -0.151. The van der Waals surface area contributed by atoms with Crippen molar-refractivity contribution < 1.29 is 14.3 Å². The van der Waals surface area contributed by atoms with Gasteiger partial charge in [-0.1, -0.05) is 6.07 Å². The van der Waals surface area contributed by atoms with Crippen LogP contribution in [0.2, 0.25) is 0 Å². The maximum absolute atomic E-state index is 12.3. The molecule has 0 aliphatic heterocycles. The molecule has 1 saturated carbocycles. The molecule has 0 aromatic carbocycles. The molecule has 1 fully saturated rings.